The Morgan fingerprint density at radius 3 is 2.00 bits per heavy atom. The molecule has 0 saturated carbocycles. The molecule has 0 aliphatic heterocycles. The number of hydrogen-bond donors (Lipinski definition) is 2. The summed E-state index contributed by atoms with van der Waals surface area (Å²) >= 11 is 11.2. The van der Waals surface area contributed by atoms with Crippen LogP contribution in [-0.4, -0.2) is 10.1 Å². The van der Waals surface area contributed by atoms with Crippen LogP contribution in [0.15, 0.2) is 36.4 Å². The second-order valence-corrected chi connectivity index (χ2v) is 5.12. The molecule has 0 amide bonds. The third kappa shape index (κ3) is 5.23. The zero-order valence-electron chi connectivity index (χ0n) is 11.4. The Morgan fingerprint density at radius 1 is 1.05 bits per heavy atom. The average molecular weight is 329 g/mol. The lowest BCUT2D eigenvalue weighted by atomic mass is 10.2. The summed E-state index contributed by atoms with van der Waals surface area (Å²) in [7, 11) is 0. The Bertz CT molecular complexity index is 648. The van der Waals surface area contributed by atoms with Crippen molar-refractivity contribution in [1.29, 1.82) is 0 Å². The molecule has 0 heterocycles. The zero-order chi connectivity index (χ0) is 16.0. The third-order valence-electron chi connectivity index (χ3n) is 2.54. The van der Waals surface area contributed by atoms with Gasteiger partial charge in [-0.15, -0.1) is 0 Å². The molecule has 0 radical (unpaired) electrons. The molecule has 0 aromatic heterocycles. The molecule has 0 aliphatic carbocycles. The molecule has 0 unspecified atom stereocenters. The number of nitro benzene ring substituents is 1. The van der Waals surface area contributed by atoms with Crippen molar-refractivity contribution in [2.75, 3.05) is 5.48 Å². The maximum Gasteiger partial charge on any atom is 0.288 e. The van der Waals surface area contributed by atoms with E-state index in [1.807, 2.05) is 18.5 Å². The van der Waals surface area contributed by atoms with E-state index in [9.17, 15) is 10.1 Å². The van der Waals surface area contributed by atoms with Gasteiger partial charge in [-0.25, -0.2) is 0 Å². The first kappa shape index (κ1) is 17.2. The van der Waals surface area contributed by atoms with Crippen molar-refractivity contribution in [1.82, 2.24) is 0 Å². The van der Waals surface area contributed by atoms with Gasteiger partial charge in [0.2, 0.25) is 0 Å². The van der Waals surface area contributed by atoms with E-state index < -0.39 is 4.92 Å². The predicted octanol–water partition coefficient (Wildman–Crippen LogP) is 5.01. The monoisotopic (exact) mass is 328 g/mol. The number of nitrogens with one attached hydrogen (secondary N) is 1. The van der Waals surface area contributed by atoms with Gasteiger partial charge in [-0.05, 0) is 43.2 Å². The highest BCUT2D eigenvalue weighted by Crippen LogP contribution is 2.24. The van der Waals surface area contributed by atoms with Crippen molar-refractivity contribution >= 4 is 34.6 Å². The number of halogens is 2. The van der Waals surface area contributed by atoms with Gasteiger partial charge in [-0.1, -0.05) is 35.3 Å². The minimum absolute atomic E-state index is 0.0355. The van der Waals surface area contributed by atoms with Crippen molar-refractivity contribution in [2.24, 2.45) is 0 Å². The van der Waals surface area contributed by atoms with Crippen LogP contribution in [0.1, 0.15) is 11.1 Å². The maximum absolute atomic E-state index is 10.3. The Hall–Kier alpha value is -1.82. The van der Waals surface area contributed by atoms with Crippen LogP contribution in [0.2, 0.25) is 10.0 Å². The predicted molar refractivity (Wildman–Crippen MR) is 84.4 cm³/mol. The van der Waals surface area contributed by atoms with E-state index in [0.717, 1.165) is 11.1 Å². The highest BCUT2D eigenvalue weighted by Gasteiger charge is 2.10. The summed E-state index contributed by atoms with van der Waals surface area (Å²) in [4.78, 5) is 9.80. The molecule has 2 aromatic rings. The second-order valence-electron chi connectivity index (χ2n) is 4.31. The van der Waals surface area contributed by atoms with Crippen LogP contribution in [0.3, 0.4) is 0 Å². The van der Waals surface area contributed by atoms with E-state index in [4.69, 9.17) is 28.4 Å². The third-order valence-corrected chi connectivity index (χ3v) is 3.19. The number of aryl methyl sites for hydroxylation is 2. The second kappa shape index (κ2) is 7.83. The summed E-state index contributed by atoms with van der Waals surface area (Å²) in [5.74, 6) is 0. The first-order valence-corrected chi connectivity index (χ1v) is 6.67. The molecule has 0 fully saturated rings. The number of hydrogen-bond acceptors (Lipinski definition) is 4. The molecule has 112 valence electrons. The number of rotatable bonds is 2. The molecule has 5 nitrogen and oxygen atoms in total. The number of benzene rings is 2. The van der Waals surface area contributed by atoms with Gasteiger partial charge in [-0.2, -0.15) is 0 Å². The van der Waals surface area contributed by atoms with Crippen molar-refractivity contribution in [3.8, 4) is 0 Å². The molecule has 21 heavy (non-hydrogen) atoms. The number of nitrogens with zero attached hydrogens (tertiary/aromatic N) is 1. The Kier molecular flexibility index (Phi) is 6.42. The molecule has 2 N–H and O–H groups in total. The largest absolute Gasteiger partial charge is 0.291 e. The van der Waals surface area contributed by atoms with E-state index in [2.05, 4.69) is 0 Å². The van der Waals surface area contributed by atoms with Gasteiger partial charge in [-0.3, -0.25) is 20.8 Å². The van der Waals surface area contributed by atoms with Crippen LogP contribution in [0.5, 0.6) is 0 Å². The first-order chi connectivity index (χ1) is 9.85. The summed E-state index contributed by atoms with van der Waals surface area (Å²) in [6.45, 7) is 3.71. The molecule has 0 aliphatic rings. The fourth-order valence-electron chi connectivity index (χ4n) is 1.49. The van der Waals surface area contributed by atoms with Gasteiger partial charge < -0.3 is 0 Å². The average Bonchev–Trinajstić information content (AvgIpc) is 2.44. The van der Waals surface area contributed by atoms with E-state index in [1.165, 1.54) is 12.1 Å². The van der Waals surface area contributed by atoms with Crippen LogP contribution in [0, 0.1) is 24.0 Å². The smallest absolute Gasteiger partial charge is 0.288 e. The standard InChI is InChI=1S/C7H6ClNO2.C7H8ClNO/c1-5-2-3-6(8)7(4-5)9(10)11;1-5-2-3-6(8)7(4-5)9-10/h2-4H,1H3;2-4,9-10H,1H3. The highest BCUT2D eigenvalue weighted by molar-refractivity contribution is 6.33. The minimum atomic E-state index is -0.491. The normalized spacial score (nSPS) is 9.57. The quantitative estimate of drug-likeness (QED) is 0.600. The first-order valence-electron chi connectivity index (χ1n) is 5.92. The Labute approximate surface area is 132 Å². The molecule has 0 saturated heterocycles. The molecule has 0 spiro atoms. The number of nitro groups is 1. The lowest BCUT2D eigenvalue weighted by molar-refractivity contribution is -0.384. The Morgan fingerprint density at radius 2 is 1.57 bits per heavy atom. The van der Waals surface area contributed by atoms with Crippen LogP contribution >= 0.6 is 23.2 Å². The summed E-state index contributed by atoms with van der Waals surface area (Å²) < 4.78 is 0. The highest BCUT2D eigenvalue weighted by atomic mass is 35.5. The summed E-state index contributed by atoms with van der Waals surface area (Å²) in [5.41, 5.74) is 4.40. The molecule has 0 atom stereocenters. The molecule has 7 heteroatoms. The summed E-state index contributed by atoms with van der Waals surface area (Å²) in [5, 5.41) is 19.5. The van der Waals surface area contributed by atoms with Crippen LogP contribution < -0.4 is 5.48 Å². The van der Waals surface area contributed by atoms with Gasteiger partial charge in [0.1, 0.15) is 5.02 Å². The van der Waals surface area contributed by atoms with Crippen molar-refractivity contribution < 1.29 is 10.1 Å². The minimum Gasteiger partial charge on any atom is -0.291 e. The van der Waals surface area contributed by atoms with E-state index >= 15 is 0 Å². The van der Waals surface area contributed by atoms with Crippen LogP contribution in [0.25, 0.3) is 0 Å². The fraction of sp³-hybridized carbons (Fsp3) is 0.143. The zero-order valence-corrected chi connectivity index (χ0v) is 12.9. The lowest BCUT2D eigenvalue weighted by Gasteiger charge is -2.01. The molecule has 2 aromatic carbocycles. The van der Waals surface area contributed by atoms with E-state index in [-0.39, 0.29) is 10.7 Å². The van der Waals surface area contributed by atoms with Gasteiger partial charge >= 0.3 is 0 Å². The van der Waals surface area contributed by atoms with Crippen molar-refractivity contribution in [2.45, 2.75) is 13.8 Å². The van der Waals surface area contributed by atoms with Crippen LogP contribution in [0.4, 0.5) is 11.4 Å². The lowest BCUT2D eigenvalue weighted by Crippen LogP contribution is -1.89. The summed E-state index contributed by atoms with van der Waals surface area (Å²) in [6, 6.07) is 10.1. The van der Waals surface area contributed by atoms with Gasteiger partial charge in [0.25, 0.3) is 5.69 Å². The van der Waals surface area contributed by atoms with Crippen LogP contribution in [-0.2, 0) is 0 Å². The molecular formula is C14H14Cl2N2O3. The van der Waals surface area contributed by atoms with Gasteiger partial charge in [0, 0.05) is 6.07 Å². The van der Waals surface area contributed by atoms with Gasteiger partial charge in [0.15, 0.2) is 0 Å². The molecular weight excluding hydrogens is 315 g/mol. The molecule has 0 bridgehead atoms. The van der Waals surface area contributed by atoms with Crippen molar-refractivity contribution in [3.63, 3.8) is 0 Å². The molecule has 2 rings (SSSR count). The SMILES string of the molecule is Cc1ccc(Cl)c(NO)c1.Cc1ccc(Cl)c([N+](=O)[O-])c1. The summed E-state index contributed by atoms with van der Waals surface area (Å²) in [6.07, 6.45) is 0. The van der Waals surface area contributed by atoms with E-state index in [0.29, 0.717) is 10.7 Å². The number of anilines is 1. The topological polar surface area (TPSA) is 75.4 Å². The van der Waals surface area contributed by atoms with E-state index in [1.54, 1.807) is 25.1 Å². The van der Waals surface area contributed by atoms with Crippen molar-refractivity contribution in [3.05, 3.63) is 67.7 Å². The Balaban J connectivity index is 0.000000211. The van der Waals surface area contributed by atoms with Gasteiger partial charge in [0.05, 0.1) is 15.6 Å². The fourth-order valence-corrected chi connectivity index (χ4v) is 1.83. The maximum atomic E-state index is 10.3.